The Kier molecular flexibility index (Phi) is 5.56. The molecule has 2 aliphatic heterocycles. The molecule has 2 aliphatic rings. The Morgan fingerprint density at radius 3 is 2.92 bits per heavy atom. The molecule has 3 aromatic heterocycles. The van der Waals surface area contributed by atoms with Crippen molar-refractivity contribution in [3.8, 4) is 17.0 Å². The number of nitrogens with zero attached hydrogens (tertiary/aromatic N) is 2. The number of carbonyl (C=O) groups is 1. The van der Waals surface area contributed by atoms with E-state index in [0.717, 1.165) is 41.9 Å². The summed E-state index contributed by atoms with van der Waals surface area (Å²) in [4.78, 5) is 26.1. The molecule has 0 bridgehead atoms. The number of pyridine rings is 2. The Morgan fingerprint density at radius 2 is 2.11 bits per heavy atom. The van der Waals surface area contributed by atoms with Crippen molar-refractivity contribution in [3.63, 3.8) is 0 Å². The number of hydrogen-bond acceptors (Lipinski definition) is 6. The fourth-order valence-corrected chi connectivity index (χ4v) is 5.12. The van der Waals surface area contributed by atoms with Gasteiger partial charge >= 0.3 is 0 Å². The van der Waals surface area contributed by atoms with E-state index in [0.29, 0.717) is 34.6 Å². The number of H-pyrrole nitrogens is 1. The Morgan fingerprint density at radius 1 is 1.22 bits per heavy atom. The zero-order valence-electron chi connectivity index (χ0n) is 20.0. The summed E-state index contributed by atoms with van der Waals surface area (Å²) >= 11 is 0. The molecule has 0 saturated carbocycles. The van der Waals surface area contributed by atoms with Crippen LogP contribution < -0.4 is 15.4 Å². The van der Waals surface area contributed by atoms with Crippen molar-refractivity contribution in [2.75, 3.05) is 19.0 Å². The Labute approximate surface area is 207 Å². The van der Waals surface area contributed by atoms with Gasteiger partial charge in [-0.3, -0.25) is 9.78 Å². The van der Waals surface area contributed by atoms with Crippen molar-refractivity contribution in [1.82, 2.24) is 20.3 Å². The van der Waals surface area contributed by atoms with Gasteiger partial charge in [-0.15, -0.1) is 0 Å². The molecule has 0 spiro atoms. The third kappa shape index (κ3) is 3.76. The van der Waals surface area contributed by atoms with Crippen molar-refractivity contribution < 1.29 is 18.7 Å². The molecule has 2 atom stereocenters. The molecular weight excluding hydrogens is 461 g/mol. The van der Waals surface area contributed by atoms with E-state index in [2.05, 4.69) is 20.6 Å². The van der Waals surface area contributed by atoms with Gasteiger partial charge in [0.05, 0.1) is 52.6 Å². The third-order valence-electron chi connectivity index (χ3n) is 6.76. The minimum Gasteiger partial charge on any atom is -0.492 e. The van der Waals surface area contributed by atoms with Gasteiger partial charge in [-0.25, -0.2) is 9.37 Å². The normalized spacial score (nSPS) is 19.2. The van der Waals surface area contributed by atoms with Crippen LogP contribution in [-0.2, 0) is 11.2 Å². The van der Waals surface area contributed by atoms with Gasteiger partial charge < -0.3 is 25.1 Å². The predicted molar refractivity (Wildman–Crippen MR) is 134 cm³/mol. The molecule has 184 valence electrons. The van der Waals surface area contributed by atoms with E-state index >= 15 is 0 Å². The van der Waals surface area contributed by atoms with Crippen LogP contribution in [0.2, 0.25) is 0 Å². The molecule has 1 amide bonds. The Balaban J connectivity index is 1.56. The van der Waals surface area contributed by atoms with Gasteiger partial charge in [0.2, 0.25) is 0 Å². The summed E-state index contributed by atoms with van der Waals surface area (Å²) in [6.07, 6.45) is 4.24. The first-order valence-corrected chi connectivity index (χ1v) is 12.1. The minimum absolute atomic E-state index is 0.0218. The SMILES string of the molecule is COc1c(F)cccc1Nc1c(-c2ccnc3ccc([C@H]4CCCO4)nc23)[nH]c2c1C(=O)N[C@@H](C)C2. The van der Waals surface area contributed by atoms with Gasteiger partial charge in [0.15, 0.2) is 11.6 Å². The molecule has 5 heterocycles. The maximum absolute atomic E-state index is 14.5. The molecule has 1 saturated heterocycles. The zero-order chi connectivity index (χ0) is 24.8. The molecule has 4 aromatic rings. The summed E-state index contributed by atoms with van der Waals surface area (Å²) in [5.41, 5.74) is 6.01. The molecule has 0 radical (unpaired) electrons. The molecule has 1 fully saturated rings. The highest BCUT2D eigenvalue weighted by atomic mass is 19.1. The van der Waals surface area contributed by atoms with Crippen molar-refractivity contribution in [2.45, 2.75) is 38.3 Å². The molecule has 6 rings (SSSR count). The average molecular weight is 488 g/mol. The monoisotopic (exact) mass is 487 g/mol. The van der Waals surface area contributed by atoms with Crippen LogP contribution in [0, 0.1) is 5.82 Å². The average Bonchev–Trinajstić information content (AvgIpc) is 3.52. The lowest BCUT2D eigenvalue weighted by Gasteiger charge is -2.21. The number of anilines is 2. The number of para-hydroxylation sites is 1. The van der Waals surface area contributed by atoms with E-state index < -0.39 is 5.82 Å². The van der Waals surface area contributed by atoms with Crippen LogP contribution in [0.25, 0.3) is 22.3 Å². The van der Waals surface area contributed by atoms with Crippen LogP contribution in [0.4, 0.5) is 15.8 Å². The molecule has 36 heavy (non-hydrogen) atoms. The summed E-state index contributed by atoms with van der Waals surface area (Å²) < 4.78 is 25.7. The summed E-state index contributed by atoms with van der Waals surface area (Å²) in [5, 5.41) is 6.29. The predicted octanol–water partition coefficient (Wildman–Crippen LogP) is 5.04. The zero-order valence-corrected chi connectivity index (χ0v) is 20.0. The van der Waals surface area contributed by atoms with Crippen molar-refractivity contribution in [1.29, 1.82) is 0 Å². The first-order valence-electron chi connectivity index (χ1n) is 12.1. The van der Waals surface area contributed by atoms with Gasteiger partial charge in [-0.2, -0.15) is 0 Å². The van der Waals surface area contributed by atoms with E-state index in [1.807, 2.05) is 25.1 Å². The number of carbonyl (C=O) groups excluding carboxylic acids is 1. The second-order valence-corrected chi connectivity index (χ2v) is 9.22. The number of rotatable bonds is 5. The summed E-state index contributed by atoms with van der Waals surface area (Å²) in [7, 11) is 1.42. The van der Waals surface area contributed by atoms with Gasteiger partial charge in [0.1, 0.15) is 0 Å². The fourth-order valence-electron chi connectivity index (χ4n) is 5.12. The van der Waals surface area contributed by atoms with Gasteiger partial charge in [-0.05, 0) is 50.1 Å². The lowest BCUT2D eigenvalue weighted by Crippen LogP contribution is -2.39. The summed E-state index contributed by atoms with van der Waals surface area (Å²) in [6, 6.07) is 10.4. The third-order valence-corrected chi connectivity index (χ3v) is 6.76. The maximum Gasteiger partial charge on any atom is 0.255 e. The van der Waals surface area contributed by atoms with Crippen LogP contribution in [0.1, 0.15) is 47.6 Å². The number of nitrogens with one attached hydrogen (secondary N) is 3. The van der Waals surface area contributed by atoms with Crippen LogP contribution >= 0.6 is 0 Å². The first-order chi connectivity index (χ1) is 17.5. The lowest BCUT2D eigenvalue weighted by atomic mass is 10.0. The number of amides is 1. The molecule has 0 unspecified atom stereocenters. The lowest BCUT2D eigenvalue weighted by molar-refractivity contribution is 0.0930. The summed E-state index contributed by atoms with van der Waals surface area (Å²) in [6.45, 7) is 2.69. The Hall–Kier alpha value is -3.98. The van der Waals surface area contributed by atoms with Crippen molar-refractivity contribution in [2.24, 2.45) is 0 Å². The highest BCUT2D eigenvalue weighted by molar-refractivity contribution is 6.08. The second-order valence-electron chi connectivity index (χ2n) is 9.22. The minimum atomic E-state index is -0.497. The quantitative estimate of drug-likeness (QED) is 0.365. The number of halogens is 1. The van der Waals surface area contributed by atoms with Crippen LogP contribution in [0.5, 0.6) is 5.75 Å². The number of fused-ring (bicyclic) bond motifs is 2. The highest BCUT2D eigenvalue weighted by Crippen LogP contribution is 2.41. The standard InChI is InChI=1S/C27H26FN5O3/c1-14-13-20-22(27(34)30-14)25(32-19-6-3-5-16(28)26(19)35-2)24(33-20)15-10-11-29-18-9-8-17(31-23(15)18)21-7-4-12-36-21/h3,5-6,8-11,14,21,32-33H,4,7,12-13H2,1-2H3,(H,30,34)/t14-,21+/m0/s1. The van der Waals surface area contributed by atoms with Gasteiger partial charge in [0, 0.05) is 36.5 Å². The molecule has 1 aromatic carbocycles. The van der Waals surface area contributed by atoms with Crippen molar-refractivity contribution in [3.05, 3.63) is 65.4 Å². The molecule has 8 nitrogen and oxygen atoms in total. The number of methoxy groups -OCH3 is 1. The first kappa shape index (κ1) is 22.5. The van der Waals surface area contributed by atoms with Crippen molar-refractivity contribution >= 4 is 28.3 Å². The topological polar surface area (TPSA) is 101 Å². The molecule has 9 heteroatoms. The summed E-state index contributed by atoms with van der Waals surface area (Å²) in [5.74, 6) is -0.624. The number of aromatic nitrogens is 3. The number of benzene rings is 1. The number of hydrogen-bond donors (Lipinski definition) is 3. The van der Waals surface area contributed by atoms with Gasteiger partial charge in [-0.1, -0.05) is 6.07 Å². The largest absolute Gasteiger partial charge is 0.492 e. The van der Waals surface area contributed by atoms with Gasteiger partial charge in [0.25, 0.3) is 5.91 Å². The highest BCUT2D eigenvalue weighted by Gasteiger charge is 2.31. The van der Waals surface area contributed by atoms with E-state index in [-0.39, 0.29) is 23.8 Å². The second kappa shape index (κ2) is 8.91. The van der Waals surface area contributed by atoms with E-state index in [1.165, 1.54) is 13.2 Å². The van der Waals surface area contributed by atoms with E-state index in [9.17, 15) is 9.18 Å². The maximum atomic E-state index is 14.5. The molecule has 3 N–H and O–H groups in total. The van der Waals surface area contributed by atoms with Crippen LogP contribution in [0.3, 0.4) is 0 Å². The van der Waals surface area contributed by atoms with E-state index in [1.54, 1.807) is 18.3 Å². The Bertz CT molecular complexity index is 1480. The number of aromatic amines is 1. The molecule has 0 aliphatic carbocycles. The van der Waals surface area contributed by atoms with E-state index in [4.69, 9.17) is 14.5 Å². The fraction of sp³-hybridized carbons (Fsp3) is 0.296. The number of ether oxygens (including phenoxy) is 2. The molecular formula is C27H26FN5O3. The smallest absolute Gasteiger partial charge is 0.255 e. The van der Waals surface area contributed by atoms with Crippen LogP contribution in [0.15, 0.2) is 42.6 Å². The van der Waals surface area contributed by atoms with Crippen LogP contribution in [-0.4, -0.2) is 40.6 Å².